The molecule has 0 saturated heterocycles. The van der Waals surface area contributed by atoms with Gasteiger partial charge < -0.3 is 9.73 Å². The molecule has 0 atom stereocenters. The molecule has 0 radical (unpaired) electrons. The minimum absolute atomic E-state index is 0.119. The van der Waals surface area contributed by atoms with Crippen LogP contribution in [0.15, 0.2) is 58.2 Å². The minimum atomic E-state index is -0.341. The summed E-state index contributed by atoms with van der Waals surface area (Å²) in [6.07, 6.45) is 0. The number of nitrogens with one attached hydrogen (secondary N) is 1. The Kier molecular flexibility index (Phi) is 5.12. The van der Waals surface area contributed by atoms with Gasteiger partial charge in [0, 0.05) is 16.3 Å². The zero-order valence-electron chi connectivity index (χ0n) is 12.2. The lowest BCUT2D eigenvalue weighted by atomic mass is 10.2. The number of aromatic nitrogens is 2. The third-order valence-corrected chi connectivity index (χ3v) is 4.02. The van der Waals surface area contributed by atoms with Gasteiger partial charge in [0.15, 0.2) is 0 Å². The Morgan fingerprint density at radius 1 is 1.12 bits per heavy atom. The summed E-state index contributed by atoms with van der Waals surface area (Å²) in [5.74, 6) is -0.153. The molecule has 3 aromatic rings. The van der Waals surface area contributed by atoms with E-state index in [0.29, 0.717) is 16.3 Å². The lowest BCUT2D eigenvalue weighted by Crippen LogP contribution is -2.13. The highest BCUT2D eigenvalue weighted by Crippen LogP contribution is 2.23. The van der Waals surface area contributed by atoms with Gasteiger partial charge in [-0.3, -0.25) is 4.79 Å². The number of amides is 1. The summed E-state index contributed by atoms with van der Waals surface area (Å²) in [6, 6.07) is 12.5. The van der Waals surface area contributed by atoms with E-state index in [9.17, 15) is 9.18 Å². The minimum Gasteiger partial charge on any atom is -0.411 e. The molecule has 0 spiro atoms. The molecule has 0 bridgehead atoms. The third-order valence-electron chi connectivity index (χ3n) is 2.95. The van der Waals surface area contributed by atoms with Crippen molar-refractivity contribution in [3.63, 3.8) is 0 Å². The highest BCUT2D eigenvalue weighted by molar-refractivity contribution is 7.99. The highest BCUT2D eigenvalue weighted by Gasteiger charge is 2.11. The number of carbonyl (C=O) groups excluding carboxylic acids is 1. The van der Waals surface area contributed by atoms with Crippen molar-refractivity contribution in [2.24, 2.45) is 0 Å². The van der Waals surface area contributed by atoms with E-state index in [0.717, 1.165) is 11.8 Å². The first-order valence-corrected chi connectivity index (χ1v) is 8.24. The first-order valence-electron chi connectivity index (χ1n) is 6.88. The maximum atomic E-state index is 12.9. The van der Waals surface area contributed by atoms with Crippen LogP contribution < -0.4 is 5.32 Å². The molecule has 3 rings (SSSR count). The van der Waals surface area contributed by atoms with Crippen molar-refractivity contribution in [1.29, 1.82) is 0 Å². The Hall–Kier alpha value is -2.38. The molecule has 0 fully saturated rings. The van der Waals surface area contributed by atoms with E-state index in [-0.39, 0.29) is 28.6 Å². The average molecular weight is 364 g/mol. The predicted octanol–water partition coefficient (Wildman–Crippen LogP) is 4.26. The number of carbonyl (C=O) groups is 1. The normalized spacial score (nSPS) is 10.6. The van der Waals surface area contributed by atoms with Crippen LogP contribution in [0.1, 0.15) is 0 Å². The molecule has 8 heteroatoms. The van der Waals surface area contributed by atoms with E-state index in [1.807, 2.05) is 0 Å². The van der Waals surface area contributed by atoms with Crippen molar-refractivity contribution >= 4 is 35.0 Å². The van der Waals surface area contributed by atoms with Crippen LogP contribution in [0.4, 0.5) is 10.1 Å². The van der Waals surface area contributed by atoms with E-state index in [1.165, 1.54) is 12.1 Å². The number of benzene rings is 2. The largest absolute Gasteiger partial charge is 0.411 e. The second kappa shape index (κ2) is 7.46. The lowest BCUT2D eigenvalue weighted by Gasteiger charge is -2.03. The van der Waals surface area contributed by atoms with Gasteiger partial charge in [0.25, 0.3) is 5.22 Å². The maximum absolute atomic E-state index is 12.9. The fourth-order valence-electron chi connectivity index (χ4n) is 1.83. The van der Waals surface area contributed by atoms with E-state index in [4.69, 9.17) is 16.0 Å². The van der Waals surface area contributed by atoms with Crippen LogP contribution in [0.25, 0.3) is 11.5 Å². The molecule has 1 heterocycles. The van der Waals surface area contributed by atoms with Crippen molar-refractivity contribution in [2.45, 2.75) is 5.22 Å². The molecule has 1 amide bonds. The van der Waals surface area contributed by atoms with Gasteiger partial charge >= 0.3 is 0 Å². The van der Waals surface area contributed by atoms with Crippen LogP contribution >= 0.6 is 23.4 Å². The molecule has 0 aliphatic rings. The quantitative estimate of drug-likeness (QED) is 0.686. The van der Waals surface area contributed by atoms with Gasteiger partial charge in [0.1, 0.15) is 5.82 Å². The van der Waals surface area contributed by atoms with Crippen molar-refractivity contribution < 1.29 is 13.6 Å². The molecule has 2 aromatic carbocycles. The Balaban J connectivity index is 1.56. The van der Waals surface area contributed by atoms with Gasteiger partial charge in [0.05, 0.1) is 5.75 Å². The van der Waals surface area contributed by atoms with E-state index in [2.05, 4.69) is 15.5 Å². The Labute approximate surface area is 146 Å². The fourth-order valence-corrected chi connectivity index (χ4v) is 2.52. The fraction of sp³-hybridized carbons (Fsp3) is 0.0625. The molecule has 0 unspecified atom stereocenters. The number of nitrogens with zero attached hydrogens (tertiary/aromatic N) is 2. The third kappa shape index (κ3) is 4.33. The molecule has 5 nitrogen and oxygen atoms in total. The summed E-state index contributed by atoms with van der Waals surface area (Å²) < 4.78 is 18.3. The number of halogens is 2. The van der Waals surface area contributed by atoms with Crippen molar-refractivity contribution in [3.8, 4) is 11.5 Å². The standard InChI is InChI=1S/C16H11ClFN3O2S/c17-11-3-7-13(8-4-11)19-14(22)9-24-16-21-20-15(23-16)10-1-5-12(18)6-2-10/h1-8H,9H2,(H,19,22). The van der Waals surface area contributed by atoms with Gasteiger partial charge in [-0.05, 0) is 48.5 Å². The number of hydrogen-bond donors (Lipinski definition) is 1. The molecule has 1 aromatic heterocycles. The molecular weight excluding hydrogens is 353 g/mol. The number of hydrogen-bond acceptors (Lipinski definition) is 5. The summed E-state index contributed by atoms with van der Waals surface area (Å²) in [5, 5.41) is 11.3. The molecular formula is C16H11ClFN3O2S. The summed E-state index contributed by atoms with van der Waals surface area (Å²) >= 11 is 6.90. The van der Waals surface area contributed by atoms with Gasteiger partial charge in [0.2, 0.25) is 11.8 Å². The Morgan fingerprint density at radius 3 is 2.54 bits per heavy atom. The summed E-state index contributed by atoms with van der Waals surface area (Å²) in [6.45, 7) is 0. The van der Waals surface area contributed by atoms with Gasteiger partial charge in [-0.15, -0.1) is 10.2 Å². The van der Waals surface area contributed by atoms with Crippen molar-refractivity contribution in [3.05, 3.63) is 59.4 Å². The first-order chi connectivity index (χ1) is 11.6. The highest BCUT2D eigenvalue weighted by atomic mass is 35.5. The number of anilines is 1. The Bertz CT molecular complexity index is 837. The molecule has 0 aliphatic carbocycles. The molecule has 24 heavy (non-hydrogen) atoms. The van der Waals surface area contributed by atoms with Crippen LogP contribution in [0.2, 0.25) is 5.02 Å². The molecule has 0 saturated carbocycles. The first kappa shape index (κ1) is 16.5. The van der Waals surface area contributed by atoms with Gasteiger partial charge in [-0.25, -0.2) is 4.39 Å². The SMILES string of the molecule is O=C(CSc1nnc(-c2ccc(F)cc2)o1)Nc1ccc(Cl)cc1. The average Bonchev–Trinajstić information content (AvgIpc) is 3.05. The van der Waals surface area contributed by atoms with E-state index in [1.54, 1.807) is 36.4 Å². The van der Waals surface area contributed by atoms with E-state index >= 15 is 0 Å². The van der Waals surface area contributed by atoms with Crippen LogP contribution in [0.3, 0.4) is 0 Å². The van der Waals surface area contributed by atoms with Gasteiger partial charge in [-0.2, -0.15) is 0 Å². The van der Waals surface area contributed by atoms with Crippen LogP contribution in [-0.4, -0.2) is 21.9 Å². The Morgan fingerprint density at radius 2 is 1.83 bits per heavy atom. The number of thioether (sulfide) groups is 1. The van der Waals surface area contributed by atoms with Gasteiger partial charge in [-0.1, -0.05) is 23.4 Å². The number of rotatable bonds is 5. The monoisotopic (exact) mass is 363 g/mol. The smallest absolute Gasteiger partial charge is 0.277 e. The summed E-state index contributed by atoms with van der Waals surface area (Å²) in [7, 11) is 0. The van der Waals surface area contributed by atoms with Crippen LogP contribution in [-0.2, 0) is 4.79 Å². The molecule has 1 N–H and O–H groups in total. The topological polar surface area (TPSA) is 68.0 Å². The van der Waals surface area contributed by atoms with Crippen LogP contribution in [0, 0.1) is 5.82 Å². The van der Waals surface area contributed by atoms with E-state index < -0.39 is 0 Å². The second-order valence-electron chi connectivity index (χ2n) is 4.72. The maximum Gasteiger partial charge on any atom is 0.277 e. The zero-order chi connectivity index (χ0) is 16.9. The molecule has 122 valence electrons. The van der Waals surface area contributed by atoms with Crippen LogP contribution in [0.5, 0.6) is 0 Å². The zero-order valence-corrected chi connectivity index (χ0v) is 13.8. The predicted molar refractivity (Wildman–Crippen MR) is 90.5 cm³/mol. The van der Waals surface area contributed by atoms with Crippen molar-refractivity contribution in [1.82, 2.24) is 10.2 Å². The summed E-state index contributed by atoms with van der Waals surface area (Å²) in [4.78, 5) is 11.9. The summed E-state index contributed by atoms with van der Waals surface area (Å²) in [5.41, 5.74) is 1.27. The molecule has 0 aliphatic heterocycles. The second-order valence-corrected chi connectivity index (χ2v) is 6.09. The lowest BCUT2D eigenvalue weighted by molar-refractivity contribution is -0.113. The van der Waals surface area contributed by atoms with Crippen molar-refractivity contribution in [2.75, 3.05) is 11.1 Å².